The van der Waals surface area contributed by atoms with Gasteiger partial charge in [-0.3, -0.25) is 14.9 Å². The van der Waals surface area contributed by atoms with Crippen LogP contribution in [0, 0.1) is 10.1 Å². The van der Waals surface area contributed by atoms with Gasteiger partial charge in [0.2, 0.25) is 0 Å². The summed E-state index contributed by atoms with van der Waals surface area (Å²) in [6.45, 7) is 3.99. The zero-order valence-corrected chi connectivity index (χ0v) is 22.2. The molecule has 0 radical (unpaired) electrons. The number of benzene rings is 3. The van der Waals surface area contributed by atoms with Gasteiger partial charge in [-0.2, -0.15) is 9.78 Å². The topological polar surface area (TPSA) is 99.6 Å². The van der Waals surface area contributed by atoms with Gasteiger partial charge >= 0.3 is 0 Å². The molecule has 0 fully saturated rings. The van der Waals surface area contributed by atoms with E-state index < -0.39 is 4.92 Å². The van der Waals surface area contributed by atoms with E-state index >= 15 is 0 Å². The van der Waals surface area contributed by atoms with Gasteiger partial charge in [0.15, 0.2) is 5.75 Å². The number of hydrogen-bond acceptors (Lipinski definition) is 6. The van der Waals surface area contributed by atoms with Crippen molar-refractivity contribution in [3.8, 4) is 5.75 Å². The summed E-state index contributed by atoms with van der Waals surface area (Å²) < 4.78 is 7.80. The zero-order chi connectivity index (χ0) is 26.0. The molecule has 0 saturated heterocycles. The van der Waals surface area contributed by atoms with E-state index in [1.54, 1.807) is 36.4 Å². The fraction of sp³-hybridized carbons (Fsp3) is 0.160. The van der Waals surface area contributed by atoms with Crippen LogP contribution in [0.3, 0.4) is 0 Å². The van der Waals surface area contributed by atoms with Gasteiger partial charge in [0.05, 0.1) is 32.1 Å². The molecular formula is C25H19BrCl2N4O4. The molecule has 0 spiro atoms. The molecule has 0 amide bonds. The van der Waals surface area contributed by atoms with Crippen LogP contribution >= 0.6 is 39.1 Å². The molecule has 0 bridgehead atoms. The molecule has 184 valence electrons. The van der Waals surface area contributed by atoms with Crippen molar-refractivity contribution in [3.05, 3.63) is 107 Å². The molecule has 1 heterocycles. The number of fused-ring (bicyclic) bond motifs is 1. The third kappa shape index (κ3) is 5.59. The molecule has 0 N–H and O–H groups in total. The van der Waals surface area contributed by atoms with Crippen LogP contribution in [0.2, 0.25) is 10.0 Å². The Labute approximate surface area is 224 Å². The van der Waals surface area contributed by atoms with E-state index in [2.05, 4.69) is 26.0 Å². The number of nitro benzene ring substituents is 1. The fourth-order valence-electron chi connectivity index (χ4n) is 3.44. The van der Waals surface area contributed by atoms with Gasteiger partial charge in [-0.15, -0.1) is 0 Å². The van der Waals surface area contributed by atoms with Crippen molar-refractivity contribution in [2.45, 2.75) is 26.4 Å². The monoisotopic (exact) mass is 588 g/mol. The average molecular weight is 590 g/mol. The van der Waals surface area contributed by atoms with Crippen LogP contribution in [0.15, 0.2) is 69.0 Å². The Hall–Kier alpha value is -3.27. The van der Waals surface area contributed by atoms with E-state index in [1.807, 2.05) is 19.9 Å². The smallest absolute Gasteiger partial charge is 0.282 e. The van der Waals surface area contributed by atoms with E-state index in [9.17, 15) is 14.9 Å². The molecule has 0 aliphatic rings. The van der Waals surface area contributed by atoms with Crippen LogP contribution in [0.5, 0.6) is 5.75 Å². The first kappa shape index (κ1) is 25.8. The summed E-state index contributed by atoms with van der Waals surface area (Å²) in [6, 6.07) is 14.6. The standard InChI is InChI=1S/C25H19BrCl2N4O4/c1-14(2)24-30-22-8-5-17(26)11-19(22)25(33)31(24)29-12-16-9-20(27)23(21(28)10-16)36-13-15-3-6-18(7-4-15)32(34)35/h3-12,14H,13H2,1-2H3. The number of rotatable bonds is 7. The first-order valence-electron chi connectivity index (χ1n) is 10.8. The molecule has 0 aliphatic heterocycles. The second-order valence-corrected chi connectivity index (χ2v) is 9.90. The van der Waals surface area contributed by atoms with Crippen LogP contribution in [-0.4, -0.2) is 20.8 Å². The number of aromatic nitrogens is 2. The van der Waals surface area contributed by atoms with Crippen molar-refractivity contribution in [2.75, 3.05) is 0 Å². The maximum absolute atomic E-state index is 13.2. The second-order valence-electron chi connectivity index (χ2n) is 8.17. The summed E-state index contributed by atoms with van der Waals surface area (Å²) >= 11 is 16.2. The minimum absolute atomic E-state index is 0.00701. The number of ether oxygens (including phenoxy) is 1. The van der Waals surface area contributed by atoms with Crippen molar-refractivity contribution < 1.29 is 9.66 Å². The van der Waals surface area contributed by atoms with Crippen LogP contribution in [0.4, 0.5) is 5.69 Å². The molecule has 0 aliphatic carbocycles. The summed E-state index contributed by atoms with van der Waals surface area (Å²) in [5.74, 6) is 0.739. The van der Waals surface area contributed by atoms with Crippen LogP contribution in [-0.2, 0) is 6.61 Å². The lowest BCUT2D eigenvalue weighted by atomic mass is 10.2. The first-order valence-corrected chi connectivity index (χ1v) is 12.3. The quantitative estimate of drug-likeness (QED) is 0.132. The van der Waals surface area contributed by atoms with Gasteiger partial charge in [-0.1, -0.05) is 53.0 Å². The van der Waals surface area contributed by atoms with Gasteiger partial charge < -0.3 is 4.74 Å². The minimum atomic E-state index is -0.468. The molecule has 0 atom stereocenters. The van der Waals surface area contributed by atoms with Gasteiger partial charge in [0, 0.05) is 22.5 Å². The maximum Gasteiger partial charge on any atom is 0.282 e. The summed E-state index contributed by atoms with van der Waals surface area (Å²) in [7, 11) is 0. The minimum Gasteiger partial charge on any atom is -0.486 e. The highest BCUT2D eigenvalue weighted by Gasteiger charge is 2.15. The zero-order valence-electron chi connectivity index (χ0n) is 19.1. The number of non-ortho nitro benzene ring substituents is 1. The molecule has 8 nitrogen and oxygen atoms in total. The predicted octanol–water partition coefficient (Wildman–Crippen LogP) is 6.96. The number of nitro groups is 1. The Kier molecular flexibility index (Phi) is 7.73. The lowest BCUT2D eigenvalue weighted by Crippen LogP contribution is -2.23. The van der Waals surface area contributed by atoms with Crippen LogP contribution < -0.4 is 10.3 Å². The summed E-state index contributed by atoms with van der Waals surface area (Å²) in [6.07, 6.45) is 1.48. The highest BCUT2D eigenvalue weighted by atomic mass is 79.9. The molecule has 0 saturated carbocycles. The highest BCUT2D eigenvalue weighted by molar-refractivity contribution is 9.10. The van der Waals surface area contributed by atoms with Crippen molar-refractivity contribution >= 4 is 61.9 Å². The van der Waals surface area contributed by atoms with Gasteiger partial charge in [-0.25, -0.2) is 4.98 Å². The predicted molar refractivity (Wildman–Crippen MR) is 145 cm³/mol. The van der Waals surface area contributed by atoms with Crippen molar-refractivity contribution in [3.63, 3.8) is 0 Å². The van der Waals surface area contributed by atoms with Gasteiger partial charge in [0.25, 0.3) is 11.2 Å². The molecule has 4 aromatic rings. The van der Waals surface area contributed by atoms with E-state index in [4.69, 9.17) is 27.9 Å². The normalized spacial score (nSPS) is 11.5. The SMILES string of the molecule is CC(C)c1nc2ccc(Br)cc2c(=O)n1N=Cc1cc(Cl)c(OCc2ccc([N+](=O)[O-])cc2)c(Cl)c1. The summed E-state index contributed by atoms with van der Waals surface area (Å²) in [5.41, 5.74) is 1.57. The van der Waals surface area contributed by atoms with E-state index in [0.29, 0.717) is 22.3 Å². The van der Waals surface area contributed by atoms with Crippen molar-refractivity contribution in [1.29, 1.82) is 0 Å². The van der Waals surface area contributed by atoms with Crippen LogP contribution in [0.1, 0.15) is 36.7 Å². The van der Waals surface area contributed by atoms with Crippen LogP contribution in [0.25, 0.3) is 10.9 Å². The average Bonchev–Trinajstić information content (AvgIpc) is 2.83. The number of halogens is 3. The molecule has 1 aromatic heterocycles. The Morgan fingerprint density at radius 1 is 1.14 bits per heavy atom. The summed E-state index contributed by atoms with van der Waals surface area (Å²) in [5, 5.41) is 16.1. The molecule has 0 unspecified atom stereocenters. The Balaban J connectivity index is 1.61. The molecule has 36 heavy (non-hydrogen) atoms. The Bertz CT molecular complexity index is 1530. The first-order chi connectivity index (χ1) is 17.1. The summed E-state index contributed by atoms with van der Waals surface area (Å²) in [4.78, 5) is 28.1. The van der Waals surface area contributed by atoms with Crippen molar-refractivity contribution in [2.24, 2.45) is 5.10 Å². The Morgan fingerprint density at radius 2 is 1.81 bits per heavy atom. The molecule has 3 aromatic carbocycles. The molecule has 4 rings (SSSR count). The lowest BCUT2D eigenvalue weighted by molar-refractivity contribution is -0.384. The van der Waals surface area contributed by atoms with E-state index in [-0.39, 0.29) is 39.6 Å². The number of nitrogens with zero attached hydrogens (tertiary/aromatic N) is 4. The lowest BCUT2D eigenvalue weighted by Gasteiger charge is -2.12. The molecular weight excluding hydrogens is 571 g/mol. The Morgan fingerprint density at radius 3 is 2.42 bits per heavy atom. The number of hydrogen-bond donors (Lipinski definition) is 0. The maximum atomic E-state index is 13.2. The third-order valence-corrected chi connectivity index (χ3v) is 6.28. The molecule has 11 heteroatoms. The second kappa shape index (κ2) is 10.8. The van der Waals surface area contributed by atoms with Gasteiger partial charge in [-0.05, 0) is 53.6 Å². The fourth-order valence-corrected chi connectivity index (χ4v) is 4.41. The highest BCUT2D eigenvalue weighted by Crippen LogP contribution is 2.34. The third-order valence-electron chi connectivity index (χ3n) is 5.22. The van der Waals surface area contributed by atoms with E-state index in [1.165, 1.54) is 23.0 Å². The van der Waals surface area contributed by atoms with E-state index in [0.717, 1.165) is 10.0 Å². The van der Waals surface area contributed by atoms with Gasteiger partial charge in [0.1, 0.15) is 12.4 Å². The van der Waals surface area contributed by atoms with Crippen molar-refractivity contribution in [1.82, 2.24) is 9.66 Å². The largest absolute Gasteiger partial charge is 0.486 e.